The van der Waals surface area contributed by atoms with Crippen molar-refractivity contribution in [3.8, 4) is 0 Å². The van der Waals surface area contributed by atoms with Gasteiger partial charge in [-0.15, -0.1) is 19.0 Å². The van der Waals surface area contributed by atoms with E-state index in [1.54, 1.807) is 12.4 Å². The molecule has 0 amide bonds. The van der Waals surface area contributed by atoms with Gasteiger partial charge in [-0.25, -0.2) is 0 Å². The fourth-order valence-electron chi connectivity index (χ4n) is 1.07. The van der Waals surface area contributed by atoms with Crippen LogP contribution in [0.1, 0.15) is 24.4 Å². The van der Waals surface area contributed by atoms with Crippen LogP contribution < -0.4 is 5.73 Å². The van der Waals surface area contributed by atoms with Crippen molar-refractivity contribution in [1.29, 1.82) is 0 Å². The normalized spacial score (nSPS) is 11.5. The Hall–Kier alpha value is -0.860. The maximum Gasteiger partial charge on any atom is 0.0298 e. The first-order valence-electron chi connectivity index (χ1n) is 4.11. The first-order valence-corrected chi connectivity index (χ1v) is 4.11. The average Bonchev–Trinajstić information content (AvgIpc) is 2.15. The van der Waals surface area contributed by atoms with E-state index < -0.39 is 0 Å². The number of allylic oxidation sites excluding steroid dienone is 1. The molecule has 1 rings (SSSR count). The number of rotatable bonds is 4. The third kappa shape index (κ3) is 4.06. The van der Waals surface area contributed by atoms with Gasteiger partial charge in [-0.3, -0.25) is 4.98 Å². The molecule has 0 aliphatic heterocycles. The fourth-order valence-corrected chi connectivity index (χ4v) is 1.07. The molecular formula is C10H15ClN2. The Morgan fingerprint density at radius 3 is 2.62 bits per heavy atom. The van der Waals surface area contributed by atoms with Crippen molar-refractivity contribution in [2.45, 2.75) is 18.9 Å². The van der Waals surface area contributed by atoms with Crippen LogP contribution in [0.4, 0.5) is 0 Å². The van der Waals surface area contributed by atoms with Crippen LogP contribution in [0.3, 0.4) is 0 Å². The smallest absolute Gasteiger partial charge is 0.0298 e. The average molecular weight is 199 g/mol. The van der Waals surface area contributed by atoms with Gasteiger partial charge in [0.25, 0.3) is 0 Å². The monoisotopic (exact) mass is 198 g/mol. The van der Waals surface area contributed by atoms with Gasteiger partial charge in [0.15, 0.2) is 0 Å². The zero-order valence-corrected chi connectivity index (χ0v) is 8.33. The molecule has 0 bridgehead atoms. The van der Waals surface area contributed by atoms with Crippen LogP contribution in [0.15, 0.2) is 37.2 Å². The molecule has 13 heavy (non-hydrogen) atoms. The van der Waals surface area contributed by atoms with Crippen LogP contribution in [-0.2, 0) is 0 Å². The van der Waals surface area contributed by atoms with E-state index in [0.29, 0.717) is 0 Å². The second-order valence-electron chi connectivity index (χ2n) is 2.75. The van der Waals surface area contributed by atoms with Crippen LogP contribution in [0, 0.1) is 0 Å². The van der Waals surface area contributed by atoms with Crippen LogP contribution in [-0.4, -0.2) is 4.98 Å². The molecule has 0 aromatic carbocycles. The number of nitrogens with zero attached hydrogens (tertiary/aromatic N) is 1. The van der Waals surface area contributed by atoms with Gasteiger partial charge in [-0.1, -0.05) is 6.08 Å². The summed E-state index contributed by atoms with van der Waals surface area (Å²) in [5.74, 6) is 0. The first kappa shape index (κ1) is 12.1. The summed E-state index contributed by atoms with van der Waals surface area (Å²) >= 11 is 0. The van der Waals surface area contributed by atoms with Crippen molar-refractivity contribution in [3.63, 3.8) is 0 Å². The summed E-state index contributed by atoms with van der Waals surface area (Å²) in [6, 6.07) is 4.02. The predicted molar refractivity (Wildman–Crippen MR) is 57.8 cm³/mol. The summed E-state index contributed by atoms with van der Waals surface area (Å²) in [6.07, 6.45) is 7.34. The SMILES string of the molecule is C=CCC[C@@H](N)c1ccncc1.Cl. The van der Waals surface area contributed by atoms with Gasteiger partial charge in [0.1, 0.15) is 0 Å². The molecule has 1 atom stereocenters. The highest BCUT2D eigenvalue weighted by molar-refractivity contribution is 5.85. The third-order valence-electron chi connectivity index (χ3n) is 1.82. The minimum Gasteiger partial charge on any atom is -0.324 e. The third-order valence-corrected chi connectivity index (χ3v) is 1.82. The van der Waals surface area contributed by atoms with Gasteiger partial charge in [-0.2, -0.15) is 0 Å². The van der Waals surface area contributed by atoms with E-state index in [1.807, 2.05) is 18.2 Å². The molecule has 3 heteroatoms. The van der Waals surface area contributed by atoms with Crippen LogP contribution in [0.5, 0.6) is 0 Å². The standard InChI is InChI=1S/C10H14N2.ClH/c1-2-3-4-10(11)9-5-7-12-8-6-9;/h2,5-8,10H,1,3-4,11H2;1H/t10-;/m1./s1. The molecule has 0 radical (unpaired) electrons. The molecule has 0 saturated carbocycles. The highest BCUT2D eigenvalue weighted by atomic mass is 35.5. The van der Waals surface area contributed by atoms with E-state index in [-0.39, 0.29) is 18.4 Å². The van der Waals surface area contributed by atoms with E-state index in [9.17, 15) is 0 Å². The maximum atomic E-state index is 5.91. The molecule has 2 N–H and O–H groups in total. The Kier molecular flexibility index (Phi) is 6.20. The number of nitrogens with two attached hydrogens (primary N) is 1. The molecule has 0 aliphatic carbocycles. The van der Waals surface area contributed by atoms with Crippen molar-refractivity contribution < 1.29 is 0 Å². The molecule has 0 unspecified atom stereocenters. The maximum absolute atomic E-state index is 5.91. The summed E-state index contributed by atoms with van der Waals surface area (Å²) in [5, 5.41) is 0. The zero-order chi connectivity index (χ0) is 8.81. The predicted octanol–water partition coefficient (Wildman–Crippen LogP) is 2.47. The minimum atomic E-state index is 0. The highest BCUT2D eigenvalue weighted by Gasteiger charge is 2.02. The van der Waals surface area contributed by atoms with Gasteiger partial charge >= 0.3 is 0 Å². The number of hydrogen-bond donors (Lipinski definition) is 1. The quantitative estimate of drug-likeness (QED) is 0.755. The fraction of sp³-hybridized carbons (Fsp3) is 0.300. The minimum absolute atomic E-state index is 0. The molecule has 72 valence electrons. The largest absolute Gasteiger partial charge is 0.324 e. The Labute approximate surface area is 85.3 Å². The molecule has 0 aliphatic rings. The highest BCUT2D eigenvalue weighted by Crippen LogP contribution is 2.13. The summed E-state index contributed by atoms with van der Waals surface area (Å²) in [7, 11) is 0. The van der Waals surface area contributed by atoms with E-state index >= 15 is 0 Å². The van der Waals surface area contributed by atoms with Gasteiger partial charge in [-0.05, 0) is 30.5 Å². The summed E-state index contributed by atoms with van der Waals surface area (Å²) < 4.78 is 0. The van der Waals surface area contributed by atoms with E-state index in [2.05, 4.69) is 11.6 Å². The molecular weight excluding hydrogens is 184 g/mol. The molecule has 0 saturated heterocycles. The van der Waals surface area contributed by atoms with Crippen molar-refractivity contribution in [2.24, 2.45) is 5.73 Å². The van der Waals surface area contributed by atoms with Crippen molar-refractivity contribution >= 4 is 12.4 Å². The number of halogens is 1. The lowest BCUT2D eigenvalue weighted by atomic mass is 10.0. The zero-order valence-electron chi connectivity index (χ0n) is 7.52. The number of hydrogen-bond acceptors (Lipinski definition) is 2. The van der Waals surface area contributed by atoms with E-state index in [0.717, 1.165) is 18.4 Å². The number of aromatic nitrogens is 1. The molecule has 1 aromatic rings. The summed E-state index contributed by atoms with van der Waals surface area (Å²) in [4.78, 5) is 3.93. The molecule has 0 fully saturated rings. The van der Waals surface area contributed by atoms with E-state index in [1.165, 1.54) is 0 Å². The second kappa shape index (κ2) is 6.63. The Balaban J connectivity index is 0.00000144. The number of pyridine rings is 1. The topological polar surface area (TPSA) is 38.9 Å². The van der Waals surface area contributed by atoms with Gasteiger partial charge in [0.2, 0.25) is 0 Å². The lowest BCUT2D eigenvalue weighted by Crippen LogP contribution is -2.09. The Bertz CT molecular complexity index is 236. The van der Waals surface area contributed by atoms with Gasteiger partial charge in [0, 0.05) is 18.4 Å². The van der Waals surface area contributed by atoms with Crippen LogP contribution in [0.2, 0.25) is 0 Å². The van der Waals surface area contributed by atoms with Gasteiger partial charge < -0.3 is 5.73 Å². The lowest BCUT2D eigenvalue weighted by molar-refractivity contribution is 0.660. The van der Waals surface area contributed by atoms with Crippen LogP contribution in [0.25, 0.3) is 0 Å². The van der Waals surface area contributed by atoms with Gasteiger partial charge in [0.05, 0.1) is 0 Å². The van der Waals surface area contributed by atoms with Crippen molar-refractivity contribution in [1.82, 2.24) is 4.98 Å². The Morgan fingerprint density at radius 1 is 1.46 bits per heavy atom. The molecule has 1 heterocycles. The summed E-state index contributed by atoms with van der Waals surface area (Å²) in [6.45, 7) is 3.66. The van der Waals surface area contributed by atoms with E-state index in [4.69, 9.17) is 5.73 Å². The lowest BCUT2D eigenvalue weighted by Gasteiger charge is -2.09. The van der Waals surface area contributed by atoms with Crippen molar-refractivity contribution in [3.05, 3.63) is 42.7 Å². The molecule has 0 spiro atoms. The first-order chi connectivity index (χ1) is 5.84. The van der Waals surface area contributed by atoms with Crippen molar-refractivity contribution in [2.75, 3.05) is 0 Å². The molecule has 1 aromatic heterocycles. The molecule has 2 nitrogen and oxygen atoms in total. The second-order valence-corrected chi connectivity index (χ2v) is 2.75. The summed E-state index contributed by atoms with van der Waals surface area (Å²) in [5.41, 5.74) is 7.05. The Morgan fingerprint density at radius 2 is 2.08 bits per heavy atom. The van der Waals surface area contributed by atoms with Crippen LogP contribution >= 0.6 is 12.4 Å².